The molecule has 0 spiro atoms. The molecule has 1 aliphatic heterocycles. The van der Waals surface area contributed by atoms with E-state index < -0.39 is 0 Å². The molecule has 0 N–H and O–H groups in total. The quantitative estimate of drug-likeness (QED) is 0.625. The van der Waals surface area contributed by atoms with E-state index in [1.807, 2.05) is 12.1 Å². The first-order valence-corrected chi connectivity index (χ1v) is 7.82. The molecule has 0 unspecified atom stereocenters. The zero-order valence-electron chi connectivity index (χ0n) is 13.4. The highest BCUT2D eigenvalue weighted by molar-refractivity contribution is 5.65. The Morgan fingerprint density at radius 3 is 2.74 bits per heavy atom. The summed E-state index contributed by atoms with van der Waals surface area (Å²) in [6, 6.07) is 14.6. The predicted molar refractivity (Wildman–Crippen MR) is 93.7 cm³/mol. The minimum atomic E-state index is 0.803. The van der Waals surface area contributed by atoms with Gasteiger partial charge in [0.1, 0.15) is 0 Å². The summed E-state index contributed by atoms with van der Waals surface area (Å²) in [5.41, 5.74) is 4.53. The number of pyridine rings is 1. The van der Waals surface area contributed by atoms with Crippen LogP contribution in [0, 0.1) is 0 Å². The van der Waals surface area contributed by atoms with Crippen molar-refractivity contribution in [1.82, 2.24) is 9.88 Å². The lowest BCUT2D eigenvalue weighted by Gasteiger charge is -2.26. The molecular formula is C19H21N3O. The second kappa shape index (κ2) is 7.70. The molecule has 118 valence electrons. The molecule has 0 atom stereocenters. The normalized spacial score (nSPS) is 15.6. The van der Waals surface area contributed by atoms with Crippen LogP contribution in [0.2, 0.25) is 0 Å². The number of hydrogen-bond acceptors (Lipinski definition) is 4. The van der Waals surface area contributed by atoms with Gasteiger partial charge in [-0.2, -0.15) is 0 Å². The Balaban J connectivity index is 1.61. The van der Waals surface area contributed by atoms with Gasteiger partial charge in [-0.1, -0.05) is 36.4 Å². The summed E-state index contributed by atoms with van der Waals surface area (Å²) in [7, 11) is 1.58. The molecule has 0 saturated carbocycles. The van der Waals surface area contributed by atoms with Gasteiger partial charge in [-0.3, -0.25) is 9.88 Å². The number of benzene rings is 1. The van der Waals surface area contributed by atoms with E-state index in [1.54, 1.807) is 13.3 Å². The maximum absolute atomic E-state index is 4.82. The Labute approximate surface area is 137 Å². The van der Waals surface area contributed by atoms with E-state index >= 15 is 0 Å². The number of aliphatic imine (C=N–C) groups is 1. The van der Waals surface area contributed by atoms with E-state index in [0.29, 0.717) is 0 Å². The smallest absolute Gasteiger partial charge is 0.174 e. The lowest BCUT2D eigenvalue weighted by Crippen LogP contribution is -2.28. The summed E-state index contributed by atoms with van der Waals surface area (Å²) >= 11 is 0. The van der Waals surface area contributed by atoms with Crippen molar-refractivity contribution in [2.24, 2.45) is 4.99 Å². The Morgan fingerprint density at radius 2 is 2.09 bits per heavy atom. The Bertz CT molecular complexity index is 678. The summed E-state index contributed by atoms with van der Waals surface area (Å²) in [6.07, 6.45) is 6.51. The molecule has 0 radical (unpaired) electrons. The first kappa shape index (κ1) is 15.4. The van der Waals surface area contributed by atoms with Crippen molar-refractivity contribution in [2.45, 2.75) is 13.0 Å². The summed E-state index contributed by atoms with van der Waals surface area (Å²) in [5, 5.41) is 0. The standard InChI is InChI=1S/C19H21N3O/c1-23-15-21-18-7-8-19(20-13-18)17-9-11-22(12-10-17)14-16-5-3-2-4-6-16/h2-9,13,15H,10-12,14H2,1H3/b21-15-. The highest BCUT2D eigenvalue weighted by atomic mass is 16.5. The molecule has 1 aliphatic rings. The number of nitrogens with zero attached hydrogens (tertiary/aromatic N) is 3. The monoisotopic (exact) mass is 307 g/mol. The van der Waals surface area contributed by atoms with Gasteiger partial charge in [-0.25, -0.2) is 4.99 Å². The van der Waals surface area contributed by atoms with Gasteiger partial charge in [0.25, 0.3) is 0 Å². The van der Waals surface area contributed by atoms with E-state index in [-0.39, 0.29) is 0 Å². The first-order valence-electron chi connectivity index (χ1n) is 7.82. The van der Waals surface area contributed by atoms with E-state index in [0.717, 1.165) is 37.4 Å². The average Bonchev–Trinajstić information content (AvgIpc) is 2.62. The number of ether oxygens (including phenoxy) is 1. The molecule has 0 amide bonds. The van der Waals surface area contributed by atoms with Crippen LogP contribution < -0.4 is 0 Å². The van der Waals surface area contributed by atoms with E-state index in [2.05, 4.69) is 51.3 Å². The van der Waals surface area contributed by atoms with Gasteiger partial charge >= 0.3 is 0 Å². The van der Waals surface area contributed by atoms with Crippen LogP contribution in [0.15, 0.2) is 59.7 Å². The fourth-order valence-corrected chi connectivity index (χ4v) is 2.70. The van der Waals surface area contributed by atoms with Crippen molar-refractivity contribution in [3.63, 3.8) is 0 Å². The summed E-state index contributed by atoms with van der Waals surface area (Å²) in [4.78, 5) is 11.1. The van der Waals surface area contributed by atoms with Crippen LogP contribution in [0.25, 0.3) is 5.57 Å². The number of hydrogen-bond donors (Lipinski definition) is 0. The van der Waals surface area contributed by atoms with Gasteiger partial charge < -0.3 is 4.74 Å². The topological polar surface area (TPSA) is 37.7 Å². The van der Waals surface area contributed by atoms with Gasteiger partial charge in [0.2, 0.25) is 0 Å². The Hall–Kier alpha value is -2.46. The largest absolute Gasteiger partial charge is 0.486 e. The van der Waals surface area contributed by atoms with Crippen LogP contribution in [-0.4, -0.2) is 36.5 Å². The molecule has 4 heteroatoms. The van der Waals surface area contributed by atoms with Gasteiger partial charge in [-0.15, -0.1) is 0 Å². The zero-order valence-corrected chi connectivity index (χ0v) is 13.4. The van der Waals surface area contributed by atoms with Crippen LogP contribution in [0.4, 0.5) is 5.69 Å². The van der Waals surface area contributed by atoms with Crippen molar-refractivity contribution in [1.29, 1.82) is 0 Å². The van der Waals surface area contributed by atoms with Crippen molar-refractivity contribution in [2.75, 3.05) is 20.2 Å². The average molecular weight is 307 g/mol. The van der Waals surface area contributed by atoms with Crippen molar-refractivity contribution in [3.05, 3.63) is 66.0 Å². The predicted octanol–water partition coefficient (Wildman–Crippen LogP) is 3.68. The van der Waals surface area contributed by atoms with Crippen molar-refractivity contribution >= 4 is 17.7 Å². The maximum Gasteiger partial charge on any atom is 0.174 e. The highest BCUT2D eigenvalue weighted by Crippen LogP contribution is 2.23. The molecule has 0 bridgehead atoms. The molecule has 0 saturated heterocycles. The van der Waals surface area contributed by atoms with Gasteiger partial charge in [0, 0.05) is 19.6 Å². The number of methoxy groups -OCH3 is 1. The van der Waals surface area contributed by atoms with Gasteiger partial charge in [0.15, 0.2) is 6.40 Å². The van der Waals surface area contributed by atoms with Crippen LogP contribution in [0.1, 0.15) is 17.7 Å². The zero-order chi connectivity index (χ0) is 15.9. The minimum absolute atomic E-state index is 0.803. The molecule has 1 aromatic heterocycles. The SMILES string of the molecule is CO/C=N\c1ccc(C2=CCN(Cc3ccccc3)CC2)nc1. The molecule has 1 aromatic carbocycles. The molecule has 3 rings (SSSR count). The first-order chi connectivity index (χ1) is 11.3. The van der Waals surface area contributed by atoms with Crippen LogP contribution in [-0.2, 0) is 11.3 Å². The van der Waals surface area contributed by atoms with E-state index in [1.165, 1.54) is 17.5 Å². The van der Waals surface area contributed by atoms with Crippen LogP contribution >= 0.6 is 0 Å². The fourth-order valence-electron chi connectivity index (χ4n) is 2.70. The Kier molecular flexibility index (Phi) is 5.17. The van der Waals surface area contributed by atoms with E-state index in [4.69, 9.17) is 4.74 Å². The summed E-state index contributed by atoms with van der Waals surface area (Å²) in [6.45, 7) is 3.03. The van der Waals surface area contributed by atoms with Crippen LogP contribution in [0.3, 0.4) is 0 Å². The molecule has 2 aromatic rings. The number of rotatable bonds is 5. The molecule has 23 heavy (non-hydrogen) atoms. The summed E-state index contributed by atoms with van der Waals surface area (Å²) in [5.74, 6) is 0. The number of aromatic nitrogens is 1. The van der Waals surface area contributed by atoms with Gasteiger partial charge in [0.05, 0.1) is 24.7 Å². The molecular weight excluding hydrogens is 286 g/mol. The highest BCUT2D eigenvalue weighted by Gasteiger charge is 2.13. The molecule has 4 nitrogen and oxygen atoms in total. The third-order valence-electron chi connectivity index (χ3n) is 3.93. The molecule has 0 aliphatic carbocycles. The minimum Gasteiger partial charge on any atom is -0.486 e. The van der Waals surface area contributed by atoms with Crippen molar-refractivity contribution < 1.29 is 4.74 Å². The third-order valence-corrected chi connectivity index (χ3v) is 3.93. The van der Waals surface area contributed by atoms with Gasteiger partial charge in [-0.05, 0) is 29.7 Å². The second-order valence-electron chi connectivity index (χ2n) is 5.57. The lowest BCUT2D eigenvalue weighted by atomic mass is 10.0. The molecule has 0 fully saturated rings. The Morgan fingerprint density at radius 1 is 1.22 bits per heavy atom. The van der Waals surface area contributed by atoms with Crippen LogP contribution in [0.5, 0.6) is 0 Å². The van der Waals surface area contributed by atoms with Crippen molar-refractivity contribution in [3.8, 4) is 0 Å². The third kappa shape index (κ3) is 4.27. The van der Waals surface area contributed by atoms with E-state index in [9.17, 15) is 0 Å². The summed E-state index contributed by atoms with van der Waals surface area (Å²) < 4.78 is 4.82. The molecule has 2 heterocycles. The second-order valence-corrected chi connectivity index (χ2v) is 5.57. The maximum atomic E-state index is 4.82. The fraction of sp³-hybridized carbons (Fsp3) is 0.263. The lowest BCUT2D eigenvalue weighted by molar-refractivity contribution is 0.294.